The van der Waals surface area contributed by atoms with Crippen LogP contribution in [0.3, 0.4) is 0 Å². The number of fused-ring (bicyclic) bond motifs is 1. The summed E-state index contributed by atoms with van der Waals surface area (Å²) in [7, 11) is 0. The molecule has 0 bridgehead atoms. The number of rotatable bonds is 2. The Kier molecular flexibility index (Phi) is 2.15. The van der Waals surface area contributed by atoms with Crippen LogP contribution in [-0.4, -0.2) is 9.97 Å². The maximum atomic E-state index is 11.6. The van der Waals surface area contributed by atoms with Crippen molar-refractivity contribution in [3.05, 3.63) is 34.2 Å². The van der Waals surface area contributed by atoms with Crippen LogP contribution in [0.1, 0.15) is 31.7 Å². The first kappa shape index (κ1) is 9.06. The zero-order chi connectivity index (χ0) is 10.1. The summed E-state index contributed by atoms with van der Waals surface area (Å²) >= 11 is 0. The summed E-state index contributed by atoms with van der Waals surface area (Å²) in [6.45, 7) is 4.26. The smallest absolute Gasteiger partial charge is 0.191 e. The molecule has 3 nitrogen and oxygen atoms in total. The van der Waals surface area contributed by atoms with E-state index in [9.17, 15) is 4.79 Å². The van der Waals surface area contributed by atoms with Gasteiger partial charge in [-0.3, -0.25) is 4.79 Å². The van der Waals surface area contributed by atoms with Crippen LogP contribution < -0.4 is 5.43 Å². The van der Waals surface area contributed by atoms with Crippen molar-refractivity contribution >= 4 is 11.0 Å². The van der Waals surface area contributed by atoms with Gasteiger partial charge in [0.15, 0.2) is 5.43 Å². The van der Waals surface area contributed by atoms with E-state index < -0.39 is 0 Å². The lowest BCUT2D eigenvalue weighted by Gasteiger charge is -2.05. The molecule has 0 radical (unpaired) electrons. The largest absolute Gasteiger partial charge is 0.347 e. The van der Waals surface area contributed by atoms with E-state index >= 15 is 0 Å². The third-order valence-electron chi connectivity index (χ3n) is 2.76. The standard InChI is InChI=1S/C11H14N2O/c1-3-7(2)8-6-13-11-10(8)9(14)4-5-12-11/h4-7H,3H2,1-2H3,(H2,12,13,14). The number of H-pyrrole nitrogens is 2. The van der Waals surface area contributed by atoms with Crippen molar-refractivity contribution < 1.29 is 0 Å². The van der Waals surface area contributed by atoms with Gasteiger partial charge in [-0.05, 0) is 17.9 Å². The summed E-state index contributed by atoms with van der Waals surface area (Å²) in [6.07, 6.45) is 4.64. The first-order valence-corrected chi connectivity index (χ1v) is 4.92. The Morgan fingerprint density at radius 3 is 2.93 bits per heavy atom. The van der Waals surface area contributed by atoms with Gasteiger partial charge in [-0.1, -0.05) is 13.8 Å². The second-order valence-electron chi connectivity index (χ2n) is 3.65. The quantitative estimate of drug-likeness (QED) is 0.750. The van der Waals surface area contributed by atoms with Crippen LogP contribution in [0.5, 0.6) is 0 Å². The highest BCUT2D eigenvalue weighted by atomic mass is 16.1. The van der Waals surface area contributed by atoms with Crippen molar-refractivity contribution in [1.29, 1.82) is 0 Å². The van der Waals surface area contributed by atoms with Crippen LogP contribution >= 0.6 is 0 Å². The molecule has 0 spiro atoms. The van der Waals surface area contributed by atoms with Crippen LogP contribution in [-0.2, 0) is 0 Å². The van der Waals surface area contributed by atoms with Gasteiger partial charge in [0.2, 0.25) is 0 Å². The number of aromatic nitrogens is 2. The fourth-order valence-electron chi connectivity index (χ4n) is 1.71. The van der Waals surface area contributed by atoms with E-state index in [-0.39, 0.29) is 5.43 Å². The van der Waals surface area contributed by atoms with Crippen LogP contribution in [0.2, 0.25) is 0 Å². The van der Waals surface area contributed by atoms with Crippen LogP contribution in [0.25, 0.3) is 11.0 Å². The molecule has 1 atom stereocenters. The van der Waals surface area contributed by atoms with Gasteiger partial charge in [-0.2, -0.15) is 0 Å². The van der Waals surface area contributed by atoms with Crippen molar-refractivity contribution in [3.63, 3.8) is 0 Å². The van der Waals surface area contributed by atoms with E-state index in [4.69, 9.17) is 0 Å². The Balaban J connectivity index is 2.73. The molecule has 0 aliphatic heterocycles. The molecule has 2 aromatic heterocycles. The molecule has 0 saturated heterocycles. The molecular formula is C11H14N2O. The number of aromatic amines is 2. The second kappa shape index (κ2) is 3.33. The Morgan fingerprint density at radius 1 is 1.43 bits per heavy atom. The van der Waals surface area contributed by atoms with Gasteiger partial charge in [0.05, 0.1) is 5.39 Å². The molecule has 1 unspecified atom stereocenters. The molecule has 2 rings (SSSR count). The van der Waals surface area contributed by atoms with E-state index in [2.05, 4.69) is 23.8 Å². The zero-order valence-corrected chi connectivity index (χ0v) is 8.42. The molecule has 3 heteroatoms. The van der Waals surface area contributed by atoms with E-state index in [1.54, 1.807) is 12.3 Å². The zero-order valence-electron chi connectivity index (χ0n) is 8.42. The highest BCUT2D eigenvalue weighted by molar-refractivity contribution is 5.79. The molecule has 2 heterocycles. The fourth-order valence-corrected chi connectivity index (χ4v) is 1.71. The molecule has 0 aliphatic carbocycles. The normalized spacial score (nSPS) is 13.3. The molecule has 0 saturated carbocycles. The minimum atomic E-state index is 0.0929. The molecule has 0 amide bonds. The third-order valence-corrected chi connectivity index (χ3v) is 2.76. The minimum absolute atomic E-state index is 0.0929. The molecule has 0 aliphatic rings. The van der Waals surface area contributed by atoms with Crippen LogP contribution in [0.4, 0.5) is 0 Å². The van der Waals surface area contributed by atoms with E-state index in [1.165, 1.54) is 0 Å². The summed E-state index contributed by atoms with van der Waals surface area (Å²) in [4.78, 5) is 17.8. The van der Waals surface area contributed by atoms with Gasteiger partial charge >= 0.3 is 0 Å². The van der Waals surface area contributed by atoms with Crippen LogP contribution in [0, 0.1) is 0 Å². The Hall–Kier alpha value is -1.51. The van der Waals surface area contributed by atoms with Crippen LogP contribution in [0.15, 0.2) is 23.3 Å². The van der Waals surface area contributed by atoms with Gasteiger partial charge in [-0.15, -0.1) is 0 Å². The van der Waals surface area contributed by atoms with E-state index in [1.807, 2.05) is 6.20 Å². The van der Waals surface area contributed by atoms with Crippen molar-refractivity contribution in [2.24, 2.45) is 0 Å². The number of hydrogen-bond donors (Lipinski definition) is 2. The van der Waals surface area contributed by atoms with Crippen molar-refractivity contribution in [2.75, 3.05) is 0 Å². The van der Waals surface area contributed by atoms with Crippen molar-refractivity contribution in [2.45, 2.75) is 26.2 Å². The van der Waals surface area contributed by atoms with Crippen molar-refractivity contribution in [3.8, 4) is 0 Å². The SMILES string of the molecule is CCC(C)c1c[nH]c2[nH]ccc(=O)c12. The Bertz CT molecular complexity index is 495. The first-order valence-electron chi connectivity index (χ1n) is 4.92. The highest BCUT2D eigenvalue weighted by Gasteiger charge is 2.11. The van der Waals surface area contributed by atoms with Gasteiger partial charge in [0, 0.05) is 18.5 Å². The average molecular weight is 190 g/mol. The van der Waals surface area contributed by atoms with Crippen molar-refractivity contribution in [1.82, 2.24) is 9.97 Å². The van der Waals surface area contributed by atoms with E-state index in [0.717, 1.165) is 23.0 Å². The summed E-state index contributed by atoms with van der Waals surface area (Å²) in [5, 5.41) is 0.807. The predicted molar refractivity (Wildman–Crippen MR) is 57.6 cm³/mol. The lowest BCUT2D eigenvalue weighted by atomic mass is 9.99. The minimum Gasteiger partial charge on any atom is -0.347 e. The highest BCUT2D eigenvalue weighted by Crippen LogP contribution is 2.23. The number of pyridine rings is 1. The predicted octanol–water partition coefficient (Wildman–Crippen LogP) is 2.37. The number of hydrogen-bond acceptors (Lipinski definition) is 1. The summed E-state index contributed by atoms with van der Waals surface area (Å²) in [5.74, 6) is 0.423. The lowest BCUT2D eigenvalue weighted by Crippen LogP contribution is -2.02. The first-order chi connectivity index (χ1) is 6.74. The molecule has 2 N–H and O–H groups in total. The maximum Gasteiger partial charge on any atom is 0.191 e. The monoisotopic (exact) mass is 190 g/mol. The topological polar surface area (TPSA) is 48.6 Å². The van der Waals surface area contributed by atoms with Gasteiger partial charge in [0.1, 0.15) is 5.65 Å². The summed E-state index contributed by atoms with van der Waals surface area (Å²) in [6, 6.07) is 1.57. The fraction of sp³-hybridized carbons (Fsp3) is 0.364. The Morgan fingerprint density at radius 2 is 2.21 bits per heavy atom. The molecule has 74 valence electrons. The molecule has 2 aromatic rings. The Labute approximate surface area is 82.2 Å². The van der Waals surface area contributed by atoms with Gasteiger partial charge in [-0.25, -0.2) is 0 Å². The second-order valence-corrected chi connectivity index (χ2v) is 3.65. The lowest BCUT2D eigenvalue weighted by molar-refractivity contribution is 0.739. The molecule has 0 fully saturated rings. The van der Waals surface area contributed by atoms with Gasteiger partial charge in [0.25, 0.3) is 0 Å². The van der Waals surface area contributed by atoms with Gasteiger partial charge < -0.3 is 9.97 Å². The van der Waals surface area contributed by atoms with E-state index in [0.29, 0.717) is 5.92 Å². The third kappa shape index (κ3) is 1.25. The molecule has 14 heavy (non-hydrogen) atoms. The summed E-state index contributed by atoms with van der Waals surface area (Å²) in [5.41, 5.74) is 2.03. The summed E-state index contributed by atoms with van der Waals surface area (Å²) < 4.78 is 0. The average Bonchev–Trinajstić information content (AvgIpc) is 2.62. The molecule has 0 aromatic carbocycles. The maximum absolute atomic E-state index is 11.6. The molecular weight excluding hydrogens is 176 g/mol. The number of nitrogens with one attached hydrogen (secondary N) is 2.